The largest absolute Gasteiger partial charge is 0.484 e. The van der Waals surface area contributed by atoms with Crippen LogP contribution in [0.4, 0.5) is 0 Å². The minimum absolute atomic E-state index is 0. The number of amides is 1. The Kier molecular flexibility index (Phi) is 10.1. The first kappa shape index (κ1) is 25.0. The molecule has 0 saturated heterocycles. The fraction of sp³-hybridized carbons (Fsp3) is 0.500. The van der Waals surface area contributed by atoms with Gasteiger partial charge in [-0.25, -0.2) is 4.99 Å². The first-order valence-corrected chi connectivity index (χ1v) is 10.5. The SMILES string of the molecule is CCNC(=NCc1cccc(OCC(=O)NC2CC2)c1)NCc1cc(C(C)C)no1.I. The Labute approximate surface area is 200 Å². The molecule has 1 aromatic heterocycles. The summed E-state index contributed by atoms with van der Waals surface area (Å²) in [7, 11) is 0. The average molecular weight is 541 g/mol. The summed E-state index contributed by atoms with van der Waals surface area (Å²) in [6.45, 7) is 7.94. The van der Waals surface area contributed by atoms with Gasteiger partial charge in [-0.15, -0.1) is 24.0 Å². The number of carbonyl (C=O) groups is 1. The van der Waals surface area contributed by atoms with E-state index in [0.29, 0.717) is 36.8 Å². The second-order valence-electron chi connectivity index (χ2n) is 7.70. The van der Waals surface area contributed by atoms with E-state index in [1.807, 2.05) is 37.3 Å². The van der Waals surface area contributed by atoms with Crippen LogP contribution in [0.3, 0.4) is 0 Å². The Bertz CT molecular complexity index is 864. The van der Waals surface area contributed by atoms with Gasteiger partial charge in [0.05, 0.1) is 18.8 Å². The van der Waals surface area contributed by atoms with Crippen molar-refractivity contribution in [1.29, 1.82) is 0 Å². The minimum atomic E-state index is -0.0763. The highest BCUT2D eigenvalue weighted by Gasteiger charge is 2.23. The number of halogens is 1. The maximum Gasteiger partial charge on any atom is 0.258 e. The van der Waals surface area contributed by atoms with E-state index >= 15 is 0 Å². The van der Waals surface area contributed by atoms with Gasteiger partial charge in [-0.1, -0.05) is 31.1 Å². The molecule has 2 aromatic rings. The number of guanidine groups is 1. The monoisotopic (exact) mass is 541 g/mol. The summed E-state index contributed by atoms with van der Waals surface area (Å²) in [6, 6.07) is 9.94. The highest BCUT2D eigenvalue weighted by atomic mass is 127. The predicted octanol–water partition coefficient (Wildman–Crippen LogP) is 3.33. The maximum atomic E-state index is 11.8. The van der Waals surface area contributed by atoms with Crippen LogP contribution in [0.2, 0.25) is 0 Å². The van der Waals surface area contributed by atoms with E-state index < -0.39 is 0 Å². The highest BCUT2D eigenvalue weighted by Crippen LogP contribution is 2.19. The molecule has 1 heterocycles. The molecule has 0 spiro atoms. The third-order valence-corrected chi connectivity index (χ3v) is 4.57. The van der Waals surface area contributed by atoms with Crippen molar-refractivity contribution in [2.75, 3.05) is 13.2 Å². The lowest BCUT2D eigenvalue weighted by Crippen LogP contribution is -2.36. The van der Waals surface area contributed by atoms with Gasteiger partial charge < -0.3 is 25.2 Å². The predicted molar refractivity (Wildman–Crippen MR) is 131 cm³/mol. The summed E-state index contributed by atoms with van der Waals surface area (Å²) in [5.74, 6) is 2.38. The van der Waals surface area contributed by atoms with E-state index in [2.05, 4.69) is 39.9 Å². The molecule has 0 aliphatic heterocycles. The average Bonchev–Trinajstić information content (AvgIpc) is 3.41. The summed E-state index contributed by atoms with van der Waals surface area (Å²) >= 11 is 0. The first-order chi connectivity index (χ1) is 14.5. The van der Waals surface area contributed by atoms with Crippen LogP contribution in [0.25, 0.3) is 0 Å². The number of nitrogens with one attached hydrogen (secondary N) is 3. The smallest absolute Gasteiger partial charge is 0.258 e. The van der Waals surface area contributed by atoms with Crippen LogP contribution in [0.15, 0.2) is 39.8 Å². The van der Waals surface area contributed by atoms with Crippen LogP contribution in [-0.2, 0) is 17.9 Å². The summed E-state index contributed by atoms with van der Waals surface area (Å²) in [6.07, 6.45) is 2.13. The highest BCUT2D eigenvalue weighted by molar-refractivity contribution is 14.0. The van der Waals surface area contributed by atoms with E-state index in [1.165, 1.54) is 0 Å². The molecule has 9 heteroatoms. The fourth-order valence-corrected chi connectivity index (χ4v) is 2.75. The standard InChI is InChI=1S/C22H31N5O3.HI/c1-4-23-22(25-13-19-11-20(15(2)3)27-30-19)24-12-16-6-5-7-18(10-16)29-14-21(28)26-17-8-9-17;/h5-7,10-11,15,17H,4,8-9,12-14H2,1-3H3,(H,26,28)(H2,23,24,25);1H. The summed E-state index contributed by atoms with van der Waals surface area (Å²) < 4.78 is 11.0. The van der Waals surface area contributed by atoms with Crippen molar-refractivity contribution in [3.8, 4) is 5.75 Å². The first-order valence-electron chi connectivity index (χ1n) is 10.5. The van der Waals surface area contributed by atoms with Gasteiger partial charge in [0, 0.05) is 18.7 Å². The topological polar surface area (TPSA) is 101 Å². The van der Waals surface area contributed by atoms with Gasteiger partial charge in [0.2, 0.25) is 0 Å². The van der Waals surface area contributed by atoms with E-state index in [4.69, 9.17) is 9.26 Å². The van der Waals surface area contributed by atoms with Crippen molar-refractivity contribution in [1.82, 2.24) is 21.1 Å². The molecule has 31 heavy (non-hydrogen) atoms. The molecule has 0 atom stereocenters. The Hall–Kier alpha value is -2.30. The Morgan fingerprint density at radius 3 is 2.77 bits per heavy atom. The zero-order valence-corrected chi connectivity index (χ0v) is 20.6. The van der Waals surface area contributed by atoms with E-state index in [-0.39, 0.29) is 36.5 Å². The third kappa shape index (κ3) is 8.76. The van der Waals surface area contributed by atoms with E-state index in [1.54, 1.807) is 0 Å². The molecule has 0 unspecified atom stereocenters. The second kappa shape index (κ2) is 12.5. The van der Waals surface area contributed by atoms with E-state index in [0.717, 1.165) is 36.4 Å². The van der Waals surface area contributed by atoms with Crippen LogP contribution in [0.5, 0.6) is 5.75 Å². The molecule has 1 aliphatic carbocycles. The lowest BCUT2D eigenvalue weighted by molar-refractivity contribution is -0.123. The number of carbonyl (C=O) groups excluding carboxylic acids is 1. The number of hydrogen-bond donors (Lipinski definition) is 3. The molecule has 1 fully saturated rings. The number of hydrogen-bond acceptors (Lipinski definition) is 5. The zero-order valence-electron chi connectivity index (χ0n) is 18.3. The Balaban J connectivity index is 0.00000341. The molecule has 170 valence electrons. The number of rotatable bonds is 10. The van der Waals surface area contributed by atoms with Gasteiger partial charge in [-0.05, 0) is 43.4 Å². The molecular weight excluding hydrogens is 509 g/mol. The lowest BCUT2D eigenvalue weighted by Gasteiger charge is -2.10. The molecule has 8 nitrogen and oxygen atoms in total. The number of aliphatic imine (C=N–C) groups is 1. The van der Waals surface area contributed by atoms with Crippen molar-refractivity contribution in [2.45, 2.75) is 58.7 Å². The molecule has 3 N–H and O–H groups in total. The normalized spacial score (nSPS) is 13.5. The third-order valence-electron chi connectivity index (χ3n) is 4.57. The summed E-state index contributed by atoms with van der Waals surface area (Å²) in [5, 5.41) is 13.5. The van der Waals surface area contributed by atoms with Gasteiger partial charge in [0.1, 0.15) is 5.75 Å². The molecule has 1 aromatic carbocycles. The Morgan fingerprint density at radius 2 is 2.10 bits per heavy atom. The van der Waals surface area contributed by atoms with Gasteiger partial charge in [0.15, 0.2) is 18.3 Å². The number of benzene rings is 1. The molecular formula is C22H32IN5O3. The number of aromatic nitrogens is 1. The van der Waals surface area contributed by atoms with Crippen LogP contribution >= 0.6 is 24.0 Å². The van der Waals surface area contributed by atoms with Gasteiger partial charge in [0.25, 0.3) is 5.91 Å². The van der Waals surface area contributed by atoms with Crippen LogP contribution in [-0.4, -0.2) is 36.2 Å². The zero-order chi connectivity index (χ0) is 21.3. The van der Waals surface area contributed by atoms with Crippen LogP contribution < -0.4 is 20.7 Å². The van der Waals surface area contributed by atoms with Crippen molar-refractivity contribution < 1.29 is 14.1 Å². The van der Waals surface area contributed by atoms with E-state index in [9.17, 15) is 4.79 Å². The molecule has 1 amide bonds. The Morgan fingerprint density at radius 1 is 1.29 bits per heavy atom. The van der Waals surface area contributed by atoms with Crippen LogP contribution in [0.1, 0.15) is 56.5 Å². The molecule has 3 rings (SSSR count). The minimum Gasteiger partial charge on any atom is -0.484 e. The van der Waals surface area contributed by atoms with Gasteiger partial charge in [-0.3, -0.25) is 4.79 Å². The quantitative estimate of drug-likeness (QED) is 0.243. The lowest BCUT2D eigenvalue weighted by atomic mass is 10.1. The molecule has 1 aliphatic rings. The maximum absolute atomic E-state index is 11.8. The number of ether oxygens (including phenoxy) is 1. The second-order valence-corrected chi connectivity index (χ2v) is 7.70. The van der Waals surface area contributed by atoms with Gasteiger partial charge >= 0.3 is 0 Å². The molecule has 1 saturated carbocycles. The molecule has 0 bridgehead atoms. The van der Waals surface area contributed by atoms with Gasteiger partial charge in [-0.2, -0.15) is 0 Å². The fourth-order valence-electron chi connectivity index (χ4n) is 2.75. The van der Waals surface area contributed by atoms with Crippen molar-refractivity contribution in [3.63, 3.8) is 0 Å². The molecule has 0 radical (unpaired) electrons. The van der Waals surface area contributed by atoms with Crippen molar-refractivity contribution in [2.24, 2.45) is 4.99 Å². The van der Waals surface area contributed by atoms with Crippen molar-refractivity contribution >= 4 is 35.8 Å². The summed E-state index contributed by atoms with van der Waals surface area (Å²) in [4.78, 5) is 16.4. The van der Waals surface area contributed by atoms with Crippen LogP contribution in [0, 0.1) is 0 Å². The van der Waals surface area contributed by atoms with Crippen molar-refractivity contribution in [3.05, 3.63) is 47.3 Å². The number of nitrogens with zero attached hydrogens (tertiary/aromatic N) is 2. The summed E-state index contributed by atoms with van der Waals surface area (Å²) in [5.41, 5.74) is 1.94.